The van der Waals surface area contributed by atoms with Gasteiger partial charge < -0.3 is 5.32 Å². The third-order valence-corrected chi connectivity index (χ3v) is 4.02. The first-order valence-electron chi connectivity index (χ1n) is 6.86. The number of hydrogen-bond donors (Lipinski definition) is 1. The molecule has 1 aromatic carbocycles. The highest BCUT2D eigenvalue weighted by Crippen LogP contribution is 2.24. The molecule has 21 heavy (non-hydrogen) atoms. The van der Waals surface area contributed by atoms with Crippen molar-refractivity contribution in [1.82, 2.24) is 15.0 Å². The van der Waals surface area contributed by atoms with Crippen molar-refractivity contribution in [3.05, 3.63) is 53.2 Å². The third kappa shape index (κ3) is 3.25. The number of aryl methyl sites for hydroxylation is 2. The second-order valence-electron chi connectivity index (χ2n) is 4.72. The lowest BCUT2D eigenvalue weighted by molar-refractivity contribution is 1.13. The highest BCUT2D eigenvalue weighted by atomic mass is 32.1. The number of anilines is 2. The van der Waals surface area contributed by atoms with E-state index in [0.717, 1.165) is 22.8 Å². The maximum absolute atomic E-state index is 4.53. The lowest BCUT2D eigenvalue weighted by Crippen LogP contribution is -1.98. The Hall–Kier alpha value is -2.27. The number of nitrogens with zero attached hydrogens (tertiary/aromatic N) is 3. The van der Waals surface area contributed by atoms with Gasteiger partial charge in [-0.25, -0.2) is 15.0 Å². The van der Waals surface area contributed by atoms with Gasteiger partial charge in [0.1, 0.15) is 10.7 Å². The highest BCUT2D eigenvalue weighted by molar-refractivity contribution is 7.14. The molecular weight excluding hydrogens is 280 g/mol. The molecule has 0 fully saturated rings. The molecule has 0 aliphatic rings. The first-order chi connectivity index (χ1) is 10.2. The van der Waals surface area contributed by atoms with Crippen LogP contribution in [0.3, 0.4) is 0 Å². The van der Waals surface area contributed by atoms with E-state index in [0.29, 0.717) is 5.95 Å². The molecule has 0 saturated heterocycles. The lowest BCUT2D eigenvalue weighted by atomic mass is 10.1. The van der Waals surface area contributed by atoms with Crippen LogP contribution in [0.1, 0.15) is 17.4 Å². The summed E-state index contributed by atoms with van der Waals surface area (Å²) in [5.74, 6) is 0.591. The van der Waals surface area contributed by atoms with Crippen molar-refractivity contribution in [3.63, 3.8) is 0 Å². The van der Waals surface area contributed by atoms with Crippen LogP contribution in [0.5, 0.6) is 0 Å². The fourth-order valence-corrected chi connectivity index (χ4v) is 2.74. The van der Waals surface area contributed by atoms with E-state index in [4.69, 9.17) is 0 Å². The highest BCUT2D eigenvalue weighted by Gasteiger charge is 2.06. The van der Waals surface area contributed by atoms with Crippen molar-refractivity contribution in [2.75, 3.05) is 5.32 Å². The molecule has 0 aliphatic heterocycles. The zero-order valence-corrected chi connectivity index (χ0v) is 12.8. The molecule has 0 spiro atoms. The second-order valence-corrected chi connectivity index (χ2v) is 5.96. The molecule has 3 rings (SSSR count). The van der Waals surface area contributed by atoms with Crippen molar-refractivity contribution in [1.29, 1.82) is 0 Å². The van der Waals surface area contributed by atoms with Crippen molar-refractivity contribution in [3.8, 4) is 10.7 Å². The average Bonchev–Trinajstić information content (AvgIpc) is 2.94. The molecule has 0 atom stereocenters. The monoisotopic (exact) mass is 296 g/mol. The Bertz CT molecular complexity index is 751. The Morgan fingerprint density at radius 2 is 2.10 bits per heavy atom. The van der Waals surface area contributed by atoms with Crippen LogP contribution in [0.4, 0.5) is 11.6 Å². The zero-order valence-electron chi connectivity index (χ0n) is 12.0. The molecule has 5 heteroatoms. The first kappa shape index (κ1) is 13.7. The molecule has 0 saturated carbocycles. The molecule has 0 unspecified atom stereocenters. The minimum atomic E-state index is 0.591. The van der Waals surface area contributed by atoms with Gasteiger partial charge in [0.25, 0.3) is 0 Å². The van der Waals surface area contributed by atoms with E-state index >= 15 is 0 Å². The number of benzene rings is 1. The summed E-state index contributed by atoms with van der Waals surface area (Å²) in [6.45, 7) is 4.18. The Morgan fingerprint density at radius 3 is 2.86 bits per heavy atom. The van der Waals surface area contributed by atoms with Crippen LogP contribution < -0.4 is 5.32 Å². The summed E-state index contributed by atoms with van der Waals surface area (Å²) in [7, 11) is 0. The van der Waals surface area contributed by atoms with Gasteiger partial charge in [-0.15, -0.1) is 11.3 Å². The fraction of sp³-hybridized carbons (Fsp3) is 0.188. The van der Waals surface area contributed by atoms with Crippen LogP contribution in [0.25, 0.3) is 10.7 Å². The molecule has 2 aromatic heterocycles. The SMILES string of the molecule is CCc1cccc(Nc2nccc(-c3ncc(C)s3)n2)c1. The van der Waals surface area contributed by atoms with E-state index < -0.39 is 0 Å². The van der Waals surface area contributed by atoms with E-state index in [1.807, 2.05) is 31.3 Å². The van der Waals surface area contributed by atoms with Gasteiger partial charge in [0, 0.05) is 23.0 Å². The van der Waals surface area contributed by atoms with E-state index in [1.54, 1.807) is 17.5 Å². The van der Waals surface area contributed by atoms with Crippen molar-refractivity contribution < 1.29 is 0 Å². The smallest absolute Gasteiger partial charge is 0.227 e. The molecule has 106 valence electrons. The lowest BCUT2D eigenvalue weighted by Gasteiger charge is -2.06. The van der Waals surface area contributed by atoms with Crippen molar-refractivity contribution in [2.24, 2.45) is 0 Å². The molecule has 4 nitrogen and oxygen atoms in total. The number of thiazole rings is 1. The summed E-state index contributed by atoms with van der Waals surface area (Å²) in [5.41, 5.74) is 3.13. The van der Waals surface area contributed by atoms with Crippen LogP contribution in [-0.4, -0.2) is 15.0 Å². The summed E-state index contributed by atoms with van der Waals surface area (Å²) in [4.78, 5) is 14.3. The standard InChI is InChI=1S/C16H16N4S/c1-3-12-5-4-6-13(9-12)19-16-17-8-7-14(20-16)15-18-10-11(2)21-15/h4-10H,3H2,1-2H3,(H,17,19,20). The van der Waals surface area contributed by atoms with Gasteiger partial charge in [-0.05, 0) is 37.1 Å². The van der Waals surface area contributed by atoms with Gasteiger partial charge in [-0.1, -0.05) is 19.1 Å². The average molecular weight is 296 g/mol. The quantitative estimate of drug-likeness (QED) is 0.783. The molecular formula is C16H16N4S. The third-order valence-electron chi connectivity index (χ3n) is 3.09. The van der Waals surface area contributed by atoms with E-state index in [1.165, 1.54) is 10.4 Å². The fourth-order valence-electron chi connectivity index (χ4n) is 2.01. The van der Waals surface area contributed by atoms with Gasteiger partial charge in [0.05, 0.1) is 0 Å². The number of rotatable bonds is 4. The van der Waals surface area contributed by atoms with Gasteiger partial charge in [-0.2, -0.15) is 0 Å². The summed E-state index contributed by atoms with van der Waals surface area (Å²) < 4.78 is 0. The van der Waals surface area contributed by atoms with Gasteiger partial charge >= 0.3 is 0 Å². The van der Waals surface area contributed by atoms with Gasteiger partial charge in [0.2, 0.25) is 5.95 Å². The Balaban J connectivity index is 1.86. The second kappa shape index (κ2) is 6.01. The van der Waals surface area contributed by atoms with Crippen molar-refractivity contribution >= 4 is 23.0 Å². The molecule has 2 heterocycles. The zero-order chi connectivity index (χ0) is 14.7. The Morgan fingerprint density at radius 1 is 1.19 bits per heavy atom. The first-order valence-corrected chi connectivity index (χ1v) is 7.68. The number of nitrogens with one attached hydrogen (secondary N) is 1. The van der Waals surface area contributed by atoms with E-state index in [9.17, 15) is 0 Å². The van der Waals surface area contributed by atoms with E-state index in [2.05, 4.69) is 39.3 Å². The molecule has 0 amide bonds. The molecule has 3 aromatic rings. The predicted octanol–water partition coefficient (Wildman–Crippen LogP) is 4.21. The topological polar surface area (TPSA) is 50.7 Å². The summed E-state index contributed by atoms with van der Waals surface area (Å²) in [5, 5.41) is 4.17. The Labute approximate surface area is 127 Å². The van der Waals surface area contributed by atoms with Crippen LogP contribution in [-0.2, 0) is 6.42 Å². The number of aromatic nitrogens is 3. The van der Waals surface area contributed by atoms with E-state index in [-0.39, 0.29) is 0 Å². The maximum atomic E-state index is 4.53. The van der Waals surface area contributed by atoms with Gasteiger partial charge in [0.15, 0.2) is 0 Å². The summed E-state index contributed by atoms with van der Waals surface area (Å²) in [6, 6.07) is 10.2. The molecule has 0 aliphatic carbocycles. The Kier molecular flexibility index (Phi) is 3.92. The van der Waals surface area contributed by atoms with Crippen LogP contribution in [0, 0.1) is 6.92 Å². The van der Waals surface area contributed by atoms with Crippen LogP contribution in [0.15, 0.2) is 42.7 Å². The van der Waals surface area contributed by atoms with Crippen LogP contribution >= 0.6 is 11.3 Å². The number of hydrogen-bond acceptors (Lipinski definition) is 5. The molecule has 0 bridgehead atoms. The minimum Gasteiger partial charge on any atom is -0.324 e. The maximum Gasteiger partial charge on any atom is 0.227 e. The van der Waals surface area contributed by atoms with Crippen LogP contribution in [0.2, 0.25) is 0 Å². The van der Waals surface area contributed by atoms with Gasteiger partial charge in [-0.3, -0.25) is 0 Å². The largest absolute Gasteiger partial charge is 0.324 e. The summed E-state index contributed by atoms with van der Waals surface area (Å²) in [6.07, 6.45) is 4.62. The minimum absolute atomic E-state index is 0.591. The molecule has 1 N–H and O–H groups in total. The molecule has 0 radical (unpaired) electrons. The summed E-state index contributed by atoms with van der Waals surface area (Å²) >= 11 is 1.63. The normalized spacial score (nSPS) is 10.6. The van der Waals surface area contributed by atoms with Crippen molar-refractivity contribution in [2.45, 2.75) is 20.3 Å². The predicted molar refractivity (Wildman–Crippen MR) is 87.0 cm³/mol.